The SMILES string of the molecule is CNC(=O)c1ccc2cc(-c3ccc(C(=O)NC(CO)COP(O)O)cc3)ccc2c1. The van der Waals surface area contributed by atoms with E-state index in [0.29, 0.717) is 11.1 Å². The van der Waals surface area contributed by atoms with Gasteiger partial charge in [0.05, 0.1) is 19.3 Å². The van der Waals surface area contributed by atoms with E-state index < -0.39 is 27.2 Å². The highest BCUT2D eigenvalue weighted by molar-refractivity contribution is 7.39. The Morgan fingerprint density at radius 1 is 0.903 bits per heavy atom. The van der Waals surface area contributed by atoms with Crippen molar-refractivity contribution < 1.29 is 29.0 Å². The van der Waals surface area contributed by atoms with Crippen LogP contribution < -0.4 is 10.6 Å². The summed E-state index contributed by atoms with van der Waals surface area (Å²) in [7, 11) is -0.955. The molecular formula is C22H23N2O6P. The minimum Gasteiger partial charge on any atom is -0.394 e. The largest absolute Gasteiger partial charge is 0.394 e. The minimum atomic E-state index is -2.55. The Balaban J connectivity index is 1.73. The third kappa shape index (κ3) is 5.85. The van der Waals surface area contributed by atoms with Crippen LogP contribution in [0.15, 0.2) is 60.7 Å². The number of benzene rings is 3. The van der Waals surface area contributed by atoms with Crippen LogP contribution in [0.25, 0.3) is 21.9 Å². The molecule has 0 radical (unpaired) electrons. The Bertz CT molecular complexity index is 1070. The topological polar surface area (TPSA) is 128 Å². The van der Waals surface area contributed by atoms with Crippen LogP contribution in [0.2, 0.25) is 0 Å². The summed E-state index contributed by atoms with van der Waals surface area (Å²) in [5, 5.41) is 16.4. The van der Waals surface area contributed by atoms with E-state index in [1.807, 2.05) is 42.5 Å². The Kier molecular flexibility index (Phi) is 7.68. The maximum Gasteiger partial charge on any atom is 0.327 e. The third-order valence-electron chi connectivity index (χ3n) is 4.76. The smallest absolute Gasteiger partial charge is 0.327 e. The fourth-order valence-corrected chi connectivity index (χ4v) is 3.40. The van der Waals surface area contributed by atoms with Gasteiger partial charge >= 0.3 is 8.60 Å². The summed E-state index contributed by atoms with van der Waals surface area (Å²) in [5.74, 6) is -0.544. The lowest BCUT2D eigenvalue weighted by Crippen LogP contribution is -2.40. The second kappa shape index (κ2) is 10.4. The number of aliphatic hydroxyl groups excluding tert-OH is 1. The molecule has 1 atom stereocenters. The van der Waals surface area contributed by atoms with Crippen LogP contribution in [0, 0.1) is 0 Å². The molecule has 3 rings (SSSR count). The standard InChI is InChI=1S/C22H23N2O6P/c1-23-21(26)19-9-8-17-10-16(6-7-18(17)11-19)14-2-4-15(5-3-14)22(27)24-20(12-25)13-30-31(28)29/h2-11,20,25,28-29H,12-13H2,1H3,(H,23,26)(H,24,27). The third-order valence-corrected chi connectivity index (χ3v) is 5.14. The molecule has 162 valence electrons. The molecule has 2 amide bonds. The molecule has 0 spiro atoms. The highest BCUT2D eigenvalue weighted by atomic mass is 31.2. The first-order chi connectivity index (χ1) is 14.9. The van der Waals surface area contributed by atoms with Crippen molar-refractivity contribution in [3.8, 4) is 11.1 Å². The van der Waals surface area contributed by atoms with Crippen LogP contribution in [-0.2, 0) is 4.52 Å². The number of hydrogen-bond acceptors (Lipinski definition) is 6. The van der Waals surface area contributed by atoms with E-state index in [4.69, 9.17) is 9.79 Å². The summed E-state index contributed by atoms with van der Waals surface area (Å²) in [6.45, 7) is -0.608. The number of carbonyl (C=O) groups is 2. The zero-order valence-corrected chi connectivity index (χ0v) is 17.7. The molecule has 0 heterocycles. The second-order valence-electron chi connectivity index (χ2n) is 6.83. The minimum absolute atomic E-state index is 0.136. The van der Waals surface area contributed by atoms with Gasteiger partial charge in [0.25, 0.3) is 11.8 Å². The van der Waals surface area contributed by atoms with Gasteiger partial charge < -0.3 is 30.1 Å². The van der Waals surface area contributed by atoms with Gasteiger partial charge in [0, 0.05) is 18.2 Å². The number of nitrogens with one attached hydrogen (secondary N) is 2. The Morgan fingerprint density at radius 3 is 2.16 bits per heavy atom. The Morgan fingerprint density at radius 2 is 1.52 bits per heavy atom. The molecule has 0 saturated carbocycles. The van der Waals surface area contributed by atoms with E-state index >= 15 is 0 Å². The number of carbonyl (C=O) groups excluding carboxylic acids is 2. The first-order valence-corrected chi connectivity index (χ1v) is 10.7. The summed E-state index contributed by atoms with van der Waals surface area (Å²) in [6, 6.07) is 17.6. The molecule has 0 bridgehead atoms. The molecule has 0 fully saturated rings. The average molecular weight is 442 g/mol. The molecule has 0 saturated heterocycles. The molecule has 0 aliphatic carbocycles. The van der Waals surface area contributed by atoms with Gasteiger partial charge in [-0.2, -0.15) is 0 Å². The second-order valence-corrected chi connectivity index (χ2v) is 7.60. The summed E-state index contributed by atoms with van der Waals surface area (Å²) in [5.41, 5.74) is 2.88. The maximum atomic E-state index is 12.4. The number of amides is 2. The first-order valence-electron chi connectivity index (χ1n) is 9.50. The van der Waals surface area contributed by atoms with Crippen molar-refractivity contribution >= 4 is 31.2 Å². The summed E-state index contributed by atoms with van der Waals surface area (Å²) < 4.78 is 4.65. The van der Waals surface area contributed by atoms with Crippen LogP contribution >= 0.6 is 8.60 Å². The van der Waals surface area contributed by atoms with Crippen molar-refractivity contribution in [3.05, 3.63) is 71.8 Å². The highest BCUT2D eigenvalue weighted by Crippen LogP contribution is 2.26. The molecule has 3 aromatic carbocycles. The fraction of sp³-hybridized carbons (Fsp3) is 0.182. The van der Waals surface area contributed by atoms with E-state index in [1.165, 1.54) is 0 Å². The van der Waals surface area contributed by atoms with E-state index in [9.17, 15) is 14.7 Å². The summed E-state index contributed by atoms with van der Waals surface area (Å²) >= 11 is 0. The van der Waals surface area contributed by atoms with E-state index in [0.717, 1.165) is 21.9 Å². The zero-order chi connectivity index (χ0) is 22.4. The van der Waals surface area contributed by atoms with Crippen molar-refractivity contribution in [1.82, 2.24) is 10.6 Å². The average Bonchev–Trinajstić information content (AvgIpc) is 2.80. The molecule has 31 heavy (non-hydrogen) atoms. The predicted molar refractivity (Wildman–Crippen MR) is 118 cm³/mol. The van der Waals surface area contributed by atoms with E-state index in [2.05, 4.69) is 15.2 Å². The molecule has 0 aliphatic rings. The van der Waals surface area contributed by atoms with Crippen molar-refractivity contribution in [2.75, 3.05) is 20.3 Å². The van der Waals surface area contributed by atoms with Gasteiger partial charge in [-0.05, 0) is 52.2 Å². The number of rotatable bonds is 8. The lowest BCUT2D eigenvalue weighted by Gasteiger charge is -2.16. The number of hydrogen-bond donors (Lipinski definition) is 5. The molecule has 0 aromatic heterocycles. The molecule has 3 aromatic rings. The van der Waals surface area contributed by atoms with E-state index in [-0.39, 0.29) is 12.5 Å². The quantitative estimate of drug-likeness (QED) is 0.340. The lowest BCUT2D eigenvalue weighted by atomic mass is 9.99. The molecule has 8 nitrogen and oxygen atoms in total. The first kappa shape index (κ1) is 22.8. The van der Waals surface area contributed by atoms with Gasteiger partial charge in [-0.25, -0.2) is 0 Å². The predicted octanol–water partition coefficient (Wildman–Crippen LogP) is 2.19. The van der Waals surface area contributed by atoms with Gasteiger partial charge in [-0.3, -0.25) is 9.59 Å². The van der Waals surface area contributed by atoms with Gasteiger partial charge in [0.2, 0.25) is 0 Å². The fourth-order valence-electron chi connectivity index (χ4n) is 3.09. The number of fused-ring (bicyclic) bond motifs is 1. The molecule has 9 heteroatoms. The van der Waals surface area contributed by atoms with Gasteiger partial charge in [-0.1, -0.05) is 30.3 Å². The monoisotopic (exact) mass is 442 g/mol. The normalized spacial score (nSPS) is 12.0. The molecular weight excluding hydrogens is 419 g/mol. The Labute approximate surface area is 180 Å². The van der Waals surface area contributed by atoms with Crippen molar-refractivity contribution in [3.63, 3.8) is 0 Å². The van der Waals surface area contributed by atoms with Gasteiger partial charge in [0.15, 0.2) is 0 Å². The van der Waals surface area contributed by atoms with Crippen LogP contribution in [0.3, 0.4) is 0 Å². The van der Waals surface area contributed by atoms with Crippen molar-refractivity contribution in [1.29, 1.82) is 0 Å². The van der Waals surface area contributed by atoms with Crippen molar-refractivity contribution in [2.24, 2.45) is 0 Å². The van der Waals surface area contributed by atoms with Gasteiger partial charge in [-0.15, -0.1) is 0 Å². The zero-order valence-electron chi connectivity index (χ0n) is 16.8. The van der Waals surface area contributed by atoms with E-state index in [1.54, 1.807) is 25.2 Å². The maximum absolute atomic E-state index is 12.4. The van der Waals surface area contributed by atoms with Crippen molar-refractivity contribution in [2.45, 2.75) is 6.04 Å². The summed E-state index contributed by atoms with van der Waals surface area (Å²) in [6.07, 6.45) is 0. The highest BCUT2D eigenvalue weighted by Gasteiger charge is 2.15. The lowest BCUT2D eigenvalue weighted by molar-refractivity contribution is 0.0881. The Hall–Kier alpha value is -2.87. The molecule has 5 N–H and O–H groups in total. The van der Waals surface area contributed by atoms with Crippen LogP contribution in [0.1, 0.15) is 20.7 Å². The van der Waals surface area contributed by atoms with Crippen LogP contribution in [0.5, 0.6) is 0 Å². The van der Waals surface area contributed by atoms with Crippen LogP contribution in [-0.4, -0.2) is 53.0 Å². The number of aliphatic hydroxyl groups is 1. The molecule has 1 unspecified atom stereocenters. The summed E-state index contributed by atoms with van der Waals surface area (Å²) in [4.78, 5) is 41.7. The van der Waals surface area contributed by atoms with Gasteiger partial charge in [0.1, 0.15) is 0 Å². The molecule has 0 aliphatic heterocycles. The van der Waals surface area contributed by atoms with Crippen LogP contribution in [0.4, 0.5) is 0 Å².